The maximum Gasteiger partial charge on any atom is 0.135 e. The van der Waals surface area contributed by atoms with Crippen LogP contribution in [0.3, 0.4) is 0 Å². The fourth-order valence-corrected chi connectivity index (χ4v) is 9.71. The van der Waals surface area contributed by atoms with Gasteiger partial charge in [-0.1, -0.05) is 147 Å². The van der Waals surface area contributed by atoms with E-state index < -0.39 is 0 Å². The van der Waals surface area contributed by atoms with Gasteiger partial charge in [0.25, 0.3) is 0 Å². The molecular formula is C53H39NO. The van der Waals surface area contributed by atoms with Gasteiger partial charge in [-0.2, -0.15) is 0 Å². The highest BCUT2D eigenvalue weighted by Gasteiger charge is 2.41. The van der Waals surface area contributed by atoms with Crippen molar-refractivity contribution >= 4 is 39.0 Å². The molecule has 0 fully saturated rings. The Morgan fingerprint density at radius 3 is 1.71 bits per heavy atom. The second-order valence-electron chi connectivity index (χ2n) is 15.9. The molecule has 1 aromatic heterocycles. The summed E-state index contributed by atoms with van der Waals surface area (Å²) in [5.74, 6) is 0. The van der Waals surface area contributed by atoms with E-state index in [1.165, 1.54) is 61.2 Å². The normalized spacial score (nSPS) is 14.4. The maximum atomic E-state index is 6.70. The fraction of sp³-hybridized carbons (Fsp3) is 0.0943. The van der Waals surface area contributed by atoms with E-state index in [2.05, 4.69) is 208 Å². The topological polar surface area (TPSA) is 16.4 Å². The van der Waals surface area contributed by atoms with Crippen LogP contribution in [0.25, 0.3) is 55.3 Å². The highest BCUT2D eigenvalue weighted by molar-refractivity contribution is 6.07. The van der Waals surface area contributed by atoms with Crippen LogP contribution in [-0.4, -0.2) is 0 Å². The SMILES string of the molecule is CC1(C)c2ccccc2-c2ccc(N(c3cccc(-c4ccccc4)c3)c3ccc4oc5cc(C6(C)c7ccccc7-c7ccccc76)ccc5c4c3)cc21. The molecule has 9 aromatic rings. The number of rotatable bonds is 5. The zero-order chi connectivity index (χ0) is 36.9. The van der Waals surface area contributed by atoms with Gasteiger partial charge in [-0.25, -0.2) is 0 Å². The van der Waals surface area contributed by atoms with E-state index in [0.717, 1.165) is 39.0 Å². The first-order valence-corrected chi connectivity index (χ1v) is 19.3. The largest absolute Gasteiger partial charge is 0.456 e. The van der Waals surface area contributed by atoms with E-state index in [-0.39, 0.29) is 10.8 Å². The molecule has 0 atom stereocenters. The Hall–Kier alpha value is -6.64. The van der Waals surface area contributed by atoms with Crippen molar-refractivity contribution in [1.82, 2.24) is 0 Å². The molecule has 0 N–H and O–H groups in total. The molecule has 2 aliphatic carbocycles. The van der Waals surface area contributed by atoms with Crippen LogP contribution in [0.1, 0.15) is 48.6 Å². The molecule has 55 heavy (non-hydrogen) atoms. The van der Waals surface area contributed by atoms with Crippen LogP contribution in [0.2, 0.25) is 0 Å². The molecule has 0 amide bonds. The standard InChI is InChI=1S/C53H39NO/c1-52(2)46-21-10-7-18-40(46)43-28-25-39(33-49(43)52)54(37-17-13-16-35(30-37)34-14-5-4-6-15-34)38-26-29-50-45(32-38)44-27-24-36(31-51(44)55-50)53(3)47-22-11-8-19-41(47)42-20-9-12-23-48(42)53/h4-33H,1-3H3. The van der Waals surface area contributed by atoms with Gasteiger partial charge >= 0.3 is 0 Å². The lowest BCUT2D eigenvalue weighted by molar-refractivity contribution is 0.660. The van der Waals surface area contributed by atoms with Crippen LogP contribution in [-0.2, 0) is 10.8 Å². The van der Waals surface area contributed by atoms with Crippen molar-refractivity contribution in [3.8, 4) is 33.4 Å². The van der Waals surface area contributed by atoms with E-state index in [9.17, 15) is 0 Å². The first-order chi connectivity index (χ1) is 26.9. The van der Waals surface area contributed by atoms with Crippen molar-refractivity contribution < 1.29 is 4.42 Å². The minimum atomic E-state index is -0.285. The molecule has 0 radical (unpaired) electrons. The summed E-state index contributed by atoms with van der Waals surface area (Å²) in [6.45, 7) is 7.06. The highest BCUT2D eigenvalue weighted by atomic mass is 16.3. The molecule has 0 aliphatic heterocycles. The molecule has 2 nitrogen and oxygen atoms in total. The van der Waals surface area contributed by atoms with Gasteiger partial charge in [-0.05, 0) is 117 Å². The van der Waals surface area contributed by atoms with E-state index in [1.54, 1.807) is 0 Å². The second kappa shape index (κ2) is 11.7. The summed E-state index contributed by atoms with van der Waals surface area (Å²) < 4.78 is 6.70. The first kappa shape index (κ1) is 31.8. The predicted octanol–water partition coefficient (Wildman–Crippen LogP) is 14.4. The van der Waals surface area contributed by atoms with Gasteiger partial charge in [0, 0.05) is 38.7 Å². The summed E-state index contributed by atoms with van der Waals surface area (Å²) in [6, 6.07) is 66.6. The number of benzene rings is 8. The van der Waals surface area contributed by atoms with E-state index in [1.807, 2.05) is 0 Å². The maximum absolute atomic E-state index is 6.70. The van der Waals surface area contributed by atoms with Crippen LogP contribution >= 0.6 is 0 Å². The highest BCUT2D eigenvalue weighted by Crippen LogP contribution is 2.54. The molecule has 2 aliphatic rings. The van der Waals surface area contributed by atoms with Gasteiger partial charge in [0.1, 0.15) is 11.2 Å². The Morgan fingerprint density at radius 1 is 0.382 bits per heavy atom. The average molecular weight is 706 g/mol. The van der Waals surface area contributed by atoms with Crippen molar-refractivity contribution in [2.24, 2.45) is 0 Å². The molecule has 1 heterocycles. The van der Waals surface area contributed by atoms with E-state index in [0.29, 0.717) is 0 Å². The van der Waals surface area contributed by atoms with Crippen LogP contribution in [0.5, 0.6) is 0 Å². The Balaban J connectivity index is 1.07. The lowest BCUT2D eigenvalue weighted by Gasteiger charge is -2.28. The van der Waals surface area contributed by atoms with Crippen molar-refractivity contribution in [3.63, 3.8) is 0 Å². The zero-order valence-electron chi connectivity index (χ0n) is 31.2. The molecule has 262 valence electrons. The summed E-state index contributed by atoms with van der Waals surface area (Å²) in [7, 11) is 0. The van der Waals surface area contributed by atoms with Gasteiger partial charge in [0.2, 0.25) is 0 Å². The number of fused-ring (bicyclic) bond motifs is 9. The molecule has 2 heteroatoms. The van der Waals surface area contributed by atoms with Crippen molar-refractivity contribution in [1.29, 1.82) is 0 Å². The smallest absolute Gasteiger partial charge is 0.135 e. The van der Waals surface area contributed by atoms with Gasteiger partial charge in [-0.15, -0.1) is 0 Å². The lowest BCUT2D eigenvalue weighted by atomic mass is 9.74. The summed E-state index contributed by atoms with van der Waals surface area (Å²) in [5.41, 5.74) is 19.0. The number of anilines is 3. The quantitative estimate of drug-likeness (QED) is 0.177. The van der Waals surface area contributed by atoms with Crippen LogP contribution < -0.4 is 4.90 Å². The predicted molar refractivity (Wildman–Crippen MR) is 229 cm³/mol. The second-order valence-corrected chi connectivity index (χ2v) is 15.9. The number of nitrogens with zero attached hydrogens (tertiary/aromatic N) is 1. The number of furan rings is 1. The Kier molecular flexibility index (Phi) is 6.76. The minimum Gasteiger partial charge on any atom is -0.456 e. The summed E-state index contributed by atoms with van der Waals surface area (Å²) in [5, 5.41) is 2.22. The third kappa shape index (κ3) is 4.61. The number of hydrogen-bond donors (Lipinski definition) is 0. The molecule has 11 rings (SSSR count). The van der Waals surface area contributed by atoms with Crippen LogP contribution in [0, 0.1) is 0 Å². The molecule has 0 bridgehead atoms. The van der Waals surface area contributed by atoms with Crippen molar-refractivity contribution in [2.45, 2.75) is 31.6 Å². The molecule has 8 aromatic carbocycles. The van der Waals surface area contributed by atoms with Crippen molar-refractivity contribution in [2.75, 3.05) is 4.90 Å². The Morgan fingerprint density at radius 2 is 0.964 bits per heavy atom. The first-order valence-electron chi connectivity index (χ1n) is 19.3. The summed E-state index contributed by atoms with van der Waals surface area (Å²) >= 11 is 0. The molecule has 0 unspecified atom stereocenters. The van der Waals surface area contributed by atoms with Crippen LogP contribution in [0.4, 0.5) is 17.1 Å². The average Bonchev–Trinajstić information content (AvgIpc) is 3.81. The van der Waals surface area contributed by atoms with Gasteiger partial charge in [-0.3, -0.25) is 0 Å². The summed E-state index contributed by atoms with van der Waals surface area (Å²) in [4.78, 5) is 2.41. The van der Waals surface area contributed by atoms with Crippen molar-refractivity contribution in [3.05, 3.63) is 210 Å². The number of hydrogen-bond acceptors (Lipinski definition) is 2. The minimum absolute atomic E-state index is 0.112. The van der Waals surface area contributed by atoms with Gasteiger partial charge < -0.3 is 9.32 Å². The lowest BCUT2D eigenvalue weighted by Crippen LogP contribution is -2.22. The summed E-state index contributed by atoms with van der Waals surface area (Å²) in [6.07, 6.45) is 0. The fourth-order valence-electron chi connectivity index (χ4n) is 9.71. The Bertz CT molecular complexity index is 2940. The van der Waals surface area contributed by atoms with E-state index in [4.69, 9.17) is 4.42 Å². The van der Waals surface area contributed by atoms with Crippen LogP contribution in [0.15, 0.2) is 186 Å². The monoisotopic (exact) mass is 705 g/mol. The van der Waals surface area contributed by atoms with Gasteiger partial charge in [0.15, 0.2) is 0 Å². The molecule has 0 saturated carbocycles. The molecule has 0 saturated heterocycles. The Labute approximate surface area is 322 Å². The van der Waals surface area contributed by atoms with Gasteiger partial charge in [0.05, 0.1) is 0 Å². The molecule has 0 spiro atoms. The third-order valence-electron chi connectivity index (χ3n) is 12.5. The van der Waals surface area contributed by atoms with E-state index >= 15 is 0 Å². The third-order valence-corrected chi connectivity index (χ3v) is 12.5. The molecular weight excluding hydrogens is 667 g/mol. The zero-order valence-corrected chi connectivity index (χ0v) is 31.2.